The Balaban J connectivity index is 1.51. The van der Waals surface area contributed by atoms with Crippen LogP contribution >= 0.6 is 0 Å². The summed E-state index contributed by atoms with van der Waals surface area (Å²) in [5, 5.41) is 14.0. The Morgan fingerprint density at radius 3 is 2.57 bits per heavy atom. The maximum Gasteiger partial charge on any atom is 0.231 e. The van der Waals surface area contributed by atoms with Crippen molar-refractivity contribution in [3.63, 3.8) is 0 Å². The summed E-state index contributed by atoms with van der Waals surface area (Å²) in [6.45, 7) is 3.05. The van der Waals surface area contributed by atoms with E-state index in [2.05, 4.69) is 5.32 Å². The highest BCUT2D eigenvalue weighted by Gasteiger charge is 2.42. The monoisotopic (exact) mass is 383 g/mol. The Bertz CT molecular complexity index is 843. The average molecular weight is 383 g/mol. The summed E-state index contributed by atoms with van der Waals surface area (Å²) >= 11 is 0. The van der Waals surface area contributed by atoms with E-state index < -0.39 is 11.0 Å². The van der Waals surface area contributed by atoms with Gasteiger partial charge in [0.1, 0.15) is 5.60 Å². The smallest absolute Gasteiger partial charge is 0.231 e. The zero-order valence-corrected chi connectivity index (χ0v) is 15.9. The van der Waals surface area contributed by atoms with Crippen LogP contribution in [-0.2, 0) is 20.5 Å². The predicted octanol–water partition coefficient (Wildman–Crippen LogP) is 2.49. The molecule has 2 heterocycles. The van der Waals surface area contributed by atoms with Crippen molar-refractivity contribution in [1.29, 1.82) is 0 Å². The quantitative estimate of drug-likeness (QED) is 0.830. The number of amides is 1. The third-order valence-corrected chi connectivity index (χ3v) is 5.70. The fourth-order valence-electron chi connectivity index (χ4n) is 3.88. The van der Waals surface area contributed by atoms with Gasteiger partial charge >= 0.3 is 0 Å². The van der Waals surface area contributed by atoms with Crippen LogP contribution in [-0.4, -0.2) is 37.6 Å². The summed E-state index contributed by atoms with van der Waals surface area (Å²) in [7, 11) is 0. The Kier molecular flexibility index (Phi) is 5.00. The van der Waals surface area contributed by atoms with E-state index in [0.29, 0.717) is 43.1 Å². The van der Waals surface area contributed by atoms with Gasteiger partial charge in [-0.25, -0.2) is 0 Å². The number of rotatable bonds is 5. The van der Waals surface area contributed by atoms with Crippen LogP contribution in [0.15, 0.2) is 48.5 Å². The molecule has 2 N–H and O–H groups in total. The molecule has 2 aromatic rings. The summed E-state index contributed by atoms with van der Waals surface area (Å²) in [6, 6.07) is 15.1. The Labute approximate surface area is 164 Å². The molecular weight excluding hydrogens is 358 g/mol. The molecule has 0 unspecified atom stereocenters. The maximum absolute atomic E-state index is 13.3. The van der Waals surface area contributed by atoms with Crippen LogP contribution in [0.1, 0.15) is 30.9 Å². The van der Waals surface area contributed by atoms with Crippen LogP contribution < -0.4 is 14.8 Å². The van der Waals surface area contributed by atoms with Gasteiger partial charge in [0.15, 0.2) is 11.5 Å². The van der Waals surface area contributed by atoms with Gasteiger partial charge in [-0.2, -0.15) is 0 Å². The second-order valence-electron chi connectivity index (χ2n) is 7.59. The first kappa shape index (κ1) is 18.8. The van der Waals surface area contributed by atoms with Gasteiger partial charge in [0, 0.05) is 13.2 Å². The second-order valence-corrected chi connectivity index (χ2v) is 7.59. The minimum Gasteiger partial charge on any atom is -0.454 e. The number of benzene rings is 2. The molecule has 0 aliphatic carbocycles. The summed E-state index contributed by atoms with van der Waals surface area (Å²) in [4.78, 5) is 13.3. The molecule has 1 amide bonds. The molecule has 6 heteroatoms. The third-order valence-electron chi connectivity index (χ3n) is 5.70. The van der Waals surface area contributed by atoms with E-state index in [4.69, 9.17) is 14.2 Å². The van der Waals surface area contributed by atoms with Gasteiger partial charge in [-0.15, -0.1) is 0 Å². The Morgan fingerprint density at radius 1 is 1.11 bits per heavy atom. The molecule has 4 rings (SSSR count). The first-order valence-corrected chi connectivity index (χ1v) is 9.55. The van der Waals surface area contributed by atoms with Crippen LogP contribution in [0, 0.1) is 0 Å². The van der Waals surface area contributed by atoms with Crippen molar-refractivity contribution in [3.05, 3.63) is 59.7 Å². The van der Waals surface area contributed by atoms with E-state index in [1.54, 1.807) is 25.1 Å². The number of hydrogen-bond donors (Lipinski definition) is 2. The van der Waals surface area contributed by atoms with Gasteiger partial charge in [-0.05, 0) is 43.0 Å². The molecule has 1 atom stereocenters. The van der Waals surface area contributed by atoms with Crippen molar-refractivity contribution in [1.82, 2.24) is 5.32 Å². The minimum absolute atomic E-state index is 0.0805. The van der Waals surface area contributed by atoms with Gasteiger partial charge in [-0.3, -0.25) is 4.79 Å². The normalized spacial score (nSPS) is 19.6. The molecule has 28 heavy (non-hydrogen) atoms. The molecule has 0 aromatic heterocycles. The number of hydrogen-bond acceptors (Lipinski definition) is 5. The van der Waals surface area contributed by atoms with Crippen molar-refractivity contribution in [2.45, 2.75) is 30.8 Å². The van der Waals surface area contributed by atoms with Crippen LogP contribution in [0.5, 0.6) is 11.5 Å². The fourth-order valence-corrected chi connectivity index (χ4v) is 3.88. The molecular formula is C22H25NO5. The first-order valence-electron chi connectivity index (χ1n) is 9.55. The molecule has 0 radical (unpaired) electrons. The van der Waals surface area contributed by atoms with Gasteiger partial charge in [0.2, 0.25) is 12.7 Å². The van der Waals surface area contributed by atoms with Gasteiger partial charge in [-0.1, -0.05) is 36.4 Å². The van der Waals surface area contributed by atoms with E-state index in [1.807, 2.05) is 30.3 Å². The molecule has 1 fully saturated rings. The molecule has 0 saturated carbocycles. The molecule has 0 bridgehead atoms. The van der Waals surface area contributed by atoms with Crippen LogP contribution in [0.25, 0.3) is 0 Å². The lowest BCUT2D eigenvalue weighted by Crippen LogP contribution is -2.51. The van der Waals surface area contributed by atoms with E-state index in [-0.39, 0.29) is 19.2 Å². The maximum atomic E-state index is 13.3. The number of carbonyl (C=O) groups is 1. The molecule has 6 nitrogen and oxygen atoms in total. The predicted molar refractivity (Wildman–Crippen MR) is 103 cm³/mol. The number of nitrogens with one attached hydrogen (secondary N) is 1. The number of carbonyl (C=O) groups excluding carboxylic acids is 1. The van der Waals surface area contributed by atoms with Crippen LogP contribution in [0.3, 0.4) is 0 Å². The van der Waals surface area contributed by atoms with E-state index >= 15 is 0 Å². The van der Waals surface area contributed by atoms with E-state index in [0.717, 1.165) is 5.56 Å². The highest BCUT2D eigenvalue weighted by molar-refractivity contribution is 5.88. The van der Waals surface area contributed by atoms with Crippen LogP contribution in [0.4, 0.5) is 0 Å². The highest BCUT2D eigenvalue weighted by Crippen LogP contribution is 2.37. The lowest BCUT2D eigenvalue weighted by atomic mass is 9.73. The van der Waals surface area contributed by atoms with Gasteiger partial charge in [0.05, 0.1) is 12.0 Å². The van der Waals surface area contributed by atoms with Gasteiger partial charge in [0.25, 0.3) is 0 Å². The Hall–Kier alpha value is -2.57. The molecule has 2 aliphatic rings. The van der Waals surface area contributed by atoms with E-state index in [1.165, 1.54) is 0 Å². The second kappa shape index (κ2) is 7.45. The summed E-state index contributed by atoms with van der Waals surface area (Å²) < 4.78 is 16.2. The number of fused-ring (bicyclic) bond motifs is 1. The number of aliphatic hydroxyl groups is 1. The lowest BCUT2D eigenvalue weighted by molar-refractivity contribution is -0.131. The minimum atomic E-state index is -1.24. The van der Waals surface area contributed by atoms with E-state index in [9.17, 15) is 9.90 Å². The zero-order chi connectivity index (χ0) is 19.6. The zero-order valence-electron chi connectivity index (χ0n) is 15.9. The third kappa shape index (κ3) is 3.45. The largest absolute Gasteiger partial charge is 0.454 e. The molecule has 148 valence electrons. The van der Waals surface area contributed by atoms with Crippen molar-refractivity contribution in [2.75, 3.05) is 26.6 Å². The first-order chi connectivity index (χ1) is 13.5. The SMILES string of the molecule is C[C@@](O)(CNC(=O)C1(c2ccccc2)CCOCC1)c1ccc2c(c1)OCO2. The standard InChI is InChI=1S/C22H25NO5/c1-21(25,17-7-8-18-19(13-17)28-15-27-18)14-23-20(24)22(9-11-26-12-10-22)16-5-3-2-4-6-16/h2-8,13,25H,9-12,14-15H2,1H3,(H,23,24)/t21-/m1/s1. The molecule has 0 spiro atoms. The van der Waals surface area contributed by atoms with Crippen LogP contribution in [0.2, 0.25) is 0 Å². The molecule has 2 aliphatic heterocycles. The molecule has 1 saturated heterocycles. The van der Waals surface area contributed by atoms with Gasteiger partial charge < -0.3 is 24.6 Å². The summed E-state index contributed by atoms with van der Waals surface area (Å²) in [6.07, 6.45) is 1.24. The number of ether oxygens (including phenoxy) is 3. The van der Waals surface area contributed by atoms with Crippen molar-refractivity contribution >= 4 is 5.91 Å². The summed E-state index contributed by atoms with van der Waals surface area (Å²) in [5.74, 6) is 1.19. The highest BCUT2D eigenvalue weighted by atomic mass is 16.7. The topological polar surface area (TPSA) is 77.0 Å². The van der Waals surface area contributed by atoms with Crippen molar-refractivity contribution in [3.8, 4) is 11.5 Å². The Morgan fingerprint density at radius 2 is 1.82 bits per heavy atom. The lowest BCUT2D eigenvalue weighted by Gasteiger charge is -2.37. The molecule has 2 aromatic carbocycles. The van der Waals surface area contributed by atoms with Crippen molar-refractivity contribution < 1.29 is 24.1 Å². The summed E-state index contributed by atoms with van der Waals surface area (Å²) in [5.41, 5.74) is -0.222. The fraction of sp³-hybridized carbons (Fsp3) is 0.409. The van der Waals surface area contributed by atoms with Crippen molar-refractivity contribution in [2.24, 2.45) is 0 Å². The average Bonchev–Trinajstić information content (AvgIpc) is 3.21.